The van der Waals surface area contributed by atoms with Crippen LogP contribution in [-0.2, 0) is 0 Å². The maximum Gasteiger partial charge on any atom is 0.267 e. The van der Waals surface area contributed by atoms with Crippen LogP contribution >= 0.6 is 11.8 Å². The number of fused-ring (bicyclic) bond motifs is 3. The summed E-state index contributed by atoms with van der Waals surface area (Å²) in [5, 5.41) is 22.5. The predicted molar refractivity (Wildman–Crippen MR) is 139 cm³/mol. The van der Waals surface area contributed by atoms with Crippen LogP contribution in [0.1, 0.15) is 29.1 Å². The average Bonchev–Trinajstić information content (AvgIpc) is 3.55. The van der Waals surface area contributed by atoms with Crippen molar-refractivity contribution < 1.29 is 0 Å². The van der Waals surface area contributed by atoms with Crippen molar-refractivity contribution >= 4 is 28.4 Å². The molecule has 0 aliphatic heterocycles. The van der Waals surface area contributed by atoms with Crippen LogP contribution in [0.15, 0.2) is 82.7 Å². The molecule has 0 saturated heterocycles. The van der Waals surface area contributed by atoms with E-state index in [1.807, 2.05) is 98.0 Å². The van der Waals surface area contributed by atoms with Gasteiger partial charge in [0.15, 0.2) is 11.0 Å². The second-order valence-electron chi connectivity index (χ2n) is 8.54. The summed E-state index contributed by atoms with van der Waals surface area (Å²) >= 11 is 1.49. The minimum atomic E-state index is -0.146. The van der Waals surface area contributed by atoms with Crippen molar-refractivity contribution in [2.45, 2.75) is 31.2 Å². The lowest BCUT2D eigenvalue weighted by Gasteiger charge is -2.15. The summed E-state index contributed by atoms with van der Waals surface area (Å²) in [5.74, 6) is 1.15. The summed E-state index contributed by atoms with van der Waals surface area (Å²) in [6.07, 6.45) is 0. The number of thioether (sulfide) groups is 1. The van der Waals surface area contributed by atoms with Crippen molar-refractivity contribution in [1.29, 1.82) is 0 Å². The third-order valence-electron chi connectivity index (χ3n) is 6.35. The minimum Gasteiger partial charge on any atom is -0.268 e. The molecule has 3 aromatic heterocycles. The number of tetrazole rings is 1. The van der Waals surface area contributed by atoms with Crippen molar-refractivity contribution in [1.82, 2.24) is 39.4 Å². The molecule has 1 unspecified atom stereocenters. The van der Waals surface area contributed by atoms with E-state index in [9.17, 15) is 4.79 Å². The normalized spacial score (nSPS) is 12.4. The fraction of sp³-hybridized carbons (Fsp3) is 0.154. The fourth-order valence-electron chi connectivity index (χ4n) is 4.36. The zero-order valence-electron chi connectivity index (χ0n) is 19.9. The van der Waals surface area contributed by atoms with Crippen molar-refractivity contribution in [3.05, 3.63) is 100 Å². The molecule has 3 heterocycles. The molecule has 0 bridgehead atoms. The van der Waals surface area contributed by atoms with Gasteiger partial charge in [-0.05, 0) is 72.7 Å². The van der Waals surface area contributed by atoms with Gasteiger partial charge in [0.2, 0.25) is 5.78 Å². The molecule has 36 heavy (non-hydrogen) atoms. The Kier molecular flexibility index (Phi) is 5.37. The van der Waals surface area contributed by atoms with Crippen LogP contribution in [0.25, 0.3) is 28.1 Å². The molecule has 0 radical (unpaired) electrons. The molecule has 0 fully saturated rings. The van der Waals surface area contributed by atoms with Gasteiger partial charge in [-0.25, -0.2) is 4.57 Å². The highest BCUT2D eigenvalue weighted by molar-refractivity contribution is 7.99. The van der Waals surface area contributed by atoms with Gasteiger partial charge in [0.1, 0.15) is 0 Å². The Morgan fingerprint density at radius 2 is 1.64 bits per heavy atom. The monoisotopic (exact) mass is 494 g/mol. The molecular weight excluding hydrogens is 472 g/mol. The Morgan fingerprint density at radius 1 is 0.861 bits per heavy atom. The summed E-state index contributed by atoms with van der Waals surface area (Å²) in [6.45, 7) is 6.08. The minimum absolute atomic E-state index is 0.128. The topological polar surface area (TPSA) is 95.8 Å². The van der Waals surface area contributed by atoms with Gasteiger partial charge in [-0.3, -0.25) is 9.20 Å². The number of aromatic nitrogens is 8. The highest BCUT2D eigenvalue weighted by Gasteiger charge is 2.23. The van der Waals surface area contributed by atoms with Gasteiger partial charge in [0.05, 0.1) is 27.5 Å². The number of nitrogens with zero attached hydrogens (tertiary/aromatic N) is 8. The molecule has 0 saturated carbocycles. The van der Waals surface area contributed by atoms with Gasteiger partial charge in [0, 0.05) is 0 Å². The van der Waals surface area contributed by atoms with Crippen LogP contribution in [0, 0.1) is 13.8 Å². The molecular formula is C26H22N8OS. The number of aryl methyl sites for hydroxylation is 1. The van der Waals surface area contributed by atoms with E-state index >= 15 is 0 Å². The molecule has 10 heteroatoms. The van der Waals surface area contributed by atoms with Gasteiger partial charge in [-0.15, -0.1) is 15.3 Å². The largest absolute Gasteiger partial charge is 0.268 e. The first-order valence-electron chi connectivity index (χ1n) is 11.5. The van der Waals surface area contributed by atoms with E-state index in [1.54, 1.807) is 9.25 Å². The van der Waals surface area contributed by atoms with E-state index < -0.39 is 0 Å². The molecule has 6 rings (SSSR count). The first-order valence-corrected chi connectivity index (χ1v) is 12.4. The fourth-order valence-corrected chi connectivity index (χ4v) is 5.30. The van der Waals surface area contributed by atoms with E-state index in [1.165, 1.54) is 11.8 Å². The second-order valence-corrected chi connectivity index (χ2v) is 9.85. The van der Waals surface area contributed by atoms with Crippen molar-refractivity contribution in [3.63, 3.8) is 0 Å². The predicted octanol–water partition coefficient (Wildman–Crippen LogP) is 4.48. The second kappa shape index (κ2) is 8.72. The zero-order valence-corrected chi connectivity index (χ0v) is 20.7. The molecule has 1 atom stereocenters. The van der Waals surface area contributed by atoms with Crippen LogP contribution < -0.4 is 5.56 Å². The molecule has 0 amide bonds. The average molecular weight is 495 g/mol. The Bertz CT molecular complexity index is 1790. The Balaban J connectivity index is 1.53. The third-order valence-corrected chi connectivity index (χ3v) is 7.39. The molecule has 0 N–H and O–H groups in total. The number of para-hydroxylation sites is 2. The number of rotatable bonds is 5. The number of hydrogen-bond acceptors (Lipinski definition) is 7. The molecule has 3 aromatic carbocycles. The molecule has 9 nitrogen and oxygen atoms in total. The number of benzene rings is 3. The molecule has 6 aromatic rings. The Morgan fingerprint density at radius 3 is 2.47 bits per heavy atom. The summed E-state index contributed by atoms with van der Waals surface area (Å²) < 4.78 is 5.32. The lowest BCUT2D eigenvalue weighted by atomic mass is 10.1. The summed E-state index contributed by atoms with van der Waals surface area (Å²) in [5.41, 5.74) is 4.41. The van der Waals surface area contributed by atoms with Crippen LogP contribution in [0.4, 0.5) is 0 Å². The molecule has 0 spiro atoms. The van der Waals surface area contributed by atoms with Crippen molar-refractivity contribution in [3.8, 4) is 11.4 Å². The summed E-state index contributed by atoms with van der Waals surface area (Å²) in [4.78, 5) is 13.7. The summed E-state index contributed by atoms with van der Waals surface area (Å²) in [7, 11) is 0. The third kappa shape index (κ3) is 3.49. The Hall–Kier alpha value is -4.31. The van der Waals surface area contributed by atoms with E-state index in [2.05, 4.69) is 25.7 Å². The van der Waals surface area contributed by atoms with Crippen molar-refractivity contribution in [2.24, 2.45) is 0 Å². The zero-order chi connectivity index (χ0) is 24.8. The smallest absolute Gasteiger partial charge is 0.267 e. The van der Waals surface area contributed by atoms with Crippen LogP contribution in [-0.4, -0.2) is 39.4 Å². The van der Waals surface area contributed by atoms with Gasteiger partial charge in [-0.1, -0.05) is 54.2 Å². The van der Waals surface area contributed by atoms with Gasteiger partial charge >= 0.3 is 0 Å². The molecule has 178 valence electrons. The molecule has 0 aliphatic rings. The maximum atomic E-state index is 13.7. The lowest BCUT2D eigenvalue weighted by Crippen LogP contribution is -2.22. The summed E-state index contributed by atoms with van der Waals surface area (Å²) in [6, 6.07) is 23.2. The van der Waals surface area contributed by atoms with Crippen molar-refractivity contribution in [2.75, 3.05) is 0 Å². The first-order chi connectivity index (χ1) is 17.5. The Labute approximate surface area is 210 Å². The van der Waals surface area contributed by atoms with E-state index in [0.717, 1.165) is 28.0 Å². The van der Waals surface area contributed by atoms with E-state index in [-0.39, 0.29) is 10.8 Å². The SMILES string of the molecule is Cc1cccc(-n2c(=O)c3ccccc3n3c(SC(C)c4nnnn4-c4ccccc4)nnc23)c1C. The van der Waals surface area contributed by atoms with E-state index in [4.69, 9.17) is 0 Å². The number of hydrogen-bond donors (Lipinski definition) is 0. The van der Waals surface area contributed by atoms with E-state index in [0.29, 0.717) is 22.1 Å². The first kappa shape index (κ1) is 22.2. The standard InChI is InChI=1S/C26H22N8OS/c1-16-10-9-15-21(17(16)2)32-24(35)20-13-7-8-14-22(20)33-25(32)28-29-26(33)36-18(3)23-27-30-31-34(23)19-11-5-4-6-12-19/h4-15,18H,1-3H3. The van der Waals surface area contributed by atoms with Crippen LogP contribution in [0.5, 0.6) is 0 Å². The molecule has 0 aliphatic carbocycles. The highest BCUT2D eigenvalue weighted by atomic mass is 32.2. The van der Waals surface area contributed by atoms with Gasteiger partial charge in [-0.2, -0.15) is 4.68 Å². The van der Waals surface area contributed by atoms with Crippen LogP contribution in [0.3, 0.4) is 0 Å². The van der Waals surface area contributed by atoms with Gasteiger partial charge < -0.3 is 0 Å². The van der Waals surface area contributed by atoms with Crippen LogP contribution in [0.2, 0.25) is 0 Å². The quantitative estimate of drug-likeness (QED) is 0.326. The van der Waals surface area contributed by atoms with Gasteiger partial charge in [0.25, 0.3) is 5.56 Å². The highest BCUT2D eigenvalue weighted by Crippen LogP contribution is 2.34. The maximum absolute atomic E-state index is 13.7. The lowest BCUT2D eigenvalue weighted by molar-refractivity contribution is 0.761.